The van der Waals surface area contributed by atoms with Crippen molar-refractivity contribution in [2.45, 2.75) is 25.8 Å². The molecule has 1 aliphatic heterocycles. The molecule has 0 bridgehead atoms. The molecule has 0 saturated carbocycles. The van der Waals surface area contributed by atoms with E-state index in [0.717, 1.165) is 24.2 Å². The van der Waals surface area contributed by atoms with Crippen LogP contribution in [-0.4, -0.2) is 56.0 Å². The van der Waals surface area contributed by atoms with Gasteiger partial charge in [0.1, 0.15) is 27.8 Å². The van der Waals surface area contributed by atoms with Crippen molar-refractivity contribution in [2.24, 2.45) is 0 Å². The number of nitriles is 1. The van der Waals surface area contributed by atoms with Gasteiger partial charge < -0.3 is 15.0 Å². The number of benzene rings is 1. The number of aromatic amines is 1. The van der Waals surface area contributed by atoms with E-state index in [2.05, 4.69) is 42.6 Å². The summed E-state index contributed by atoms with van der Waals surface area (Å²) in [6.07, 6.45) is 4.78. The lowest BCUT2D eigenvalue weighted by Gasteiger charge is -2.32. The number of nitrogens with one attached hydrogen (secondary N) is 3. The fraction of sp³-hybridized carbons (Fsp3) is 0.231. The molecule has 4 heterocycles. The summed E-state index contributed by atoms with van der Waals surface area (Å²) in [5.41, 5.74) is 0.975. The Hall–Kier alpha value is -4.94. The standard InChI is InChI=1S/C26H22N8O3S/c1-2-4-21(35)34-12-3-5-17(15-34)30-24-22-20(10-11-28-23(22)32-33-24)37-18-8-6-16(7-9-18)25(36)31-26-29-14-19(13-27)38-26/h6-11,14,17H,3,5,12,15H2,1H3,(H,29,31,36)(H2,28,30,32,33)/t17-/m1/s1. The van der Waals surface area contributed by atoms with E-state index in [1.54, 1.807) is 48.4 Å². The molecule has 3 N–H and O–H groups in total. The molecule has 3 aromatic heterocycles. The summed E-state index contributed by atoms with van der Waals surface area (Å²) in [5, 5.41) is 23.4. The van der Waals surface area contributed by atoms with Crippen molar-refractivity contribution < 1.29 is 14.3 Å². The van der Waals surface area contributed by atoms with Gasteiger partial charge in [-0.25, -0.2) is 9.97 Å². The summed E-state index contributed by atoms with van der Waals surface area (Å²) in [6, 6.07) is 10.4. The number of hydrogen-bond acceptors (Lipinski definition) is 9. The number of carbonyl (C=O) groups is 2. The average Bonchev–Trinajstić information content (AvgIpc) is 3.57. The highest BCUT2D eigenvalue weighted by atomic mass is 32.1. The third kappa shape index (κ3) is 5.40. The topological polar surface area (TPSA) is 149 Å². The second-order valence-corrected chi connectivity index (χ2v) is 9.47. The van der Waals surface area contributed by atoms with Crippen molar-refractivity contribution in [3.63, 3.8) is 0 Å². The summed E-state index contributed by atoms with van der Waals surface area (Å²) in [4.78, 5) is 35.3. The quantitative estimate of drug-likeness (QED) is 0.322. The maximum Gasteiger partial charge on any atom is 0.298 e. The van der Waals surface area contributed by atoms with Gasteiger partial charge in [0.25, 0.3) is 11.8 Å². The fourth-order valence-electron chi connectivity index (χ4n) is 4.12. The van der Waals surface area contributed by atoms with Crippen LogP contribution in [-0.2, 0) is 4.79 Å². The van der Waals surface area contributed by atoms with Gasteiger partial charge in [-0.1, -0.05) is 17.3 Å². The zero-order valence-corrected chi connectivity index (χ0v) is 21.1. The van der Waals surface area contributed by atoms with Crippen LogP contribution >= 0.6 is 11.3 Å². The largest absolute Gasteiger partial charge is 0.456 e. The first kappa shape index (κ1) is 24.7. The van der Waals surface area contributed by atoms with Crippen molar-refractivity contribution in [1.82, 2.24) is 25.1 Å². The molecular weight excluding hydrogens is 504 g/mol. The summed E-state index contributed by atoms with van der Waals surface area (Å²) < 4.78 is 6.14. The Balaban J connectivity index is 1.30. The normalized spacial score (nSPS) is 14.7. The Labute approximate surface area is 221 Å². The van der Waals surface area contributed by atoms with Crippen LogP contribution in [0.3, 0.4) is 0 Å². The lowest BCUT2D eigenvalue weighted by Crippen LogP contribution is -2.44. The van der Waals surface area contributed by atoms with E-state index in [0.29, 0.717) is 57.0 Å². The smallest absolute Gasteiger partial charge is 0.298 e. The molecule has 2 amide bonds. The minimum atomic E-state index is -0.340. The van der Waals surface area contributed by atoms with Crippen LogP contribution in [0, 0.1) is 23.2 Å². The summed E-state index contributed by atoms with van der Waals surface area (Å²) in [7, 11) is 0. The van der Waals surface area contributed by atoms with Gasteiger partial charge in [-0.3, -0.25) is 20.0 Å². The van der Waals surface area contributed by atoms with Gasteiger partial charge in [0.05, 0.1) is 6.20 Å². The van der Waals surface area contributed by atoms with Gasteiger partial charge in [0.15, 0.2) is 16.6 Å². The van der Waals surface area contributed by atoms with Crippen LogP contribution in [0.2, 0.25) is 0 Å². The number of fused-ring (bicyclic) bond motifs is 1. The molecule has 0 unspecified atom stereocenters. The van der Waals surface area contributed by atoms with Crippen LogP contribution in [0.1, 0.15) is 35.0 Å². The van der Waals surface area contributed by atoms with E-state index < -0.39 is 0 Å². The van der Waals surface area contributed by atoms with Gasteiger partial charge in [-0.15, -0.1) is 0 Å². The molecule has 12 heteroatoms. The zero-order valence-electron chi connectivity index (χ0n) is 20.3. The fourth-order valence-corrected chi connectivity index (χ4v) is 4.73. The number of hydrogen-bond donors (Lipinski definition) is 3. The zero-order chi connectivity index (χ0) is 26.5. The van der Waals surface area contributed by atoms with E-state index in [1.807, 2.05) is 6.07 Å². The van der Waals surface area contributed by atoms with Crippen molar-refractivity contribution in [3.8, 4) is 29.4 Å². The van der Waals surface area contributed by atoms with Crippen molar-refractivity contribution in [2.75, 3.05) is 23.7 Å². The third-order valence-electron chi connectivity index (χ3n) is 5.89. The molecule has 1 atom stereocenters. The number of anilines is 2. The molecule has 0 aliphatic carbocycles. The van der Waals surface area contributed by atoms with Gasteiger partial charge >= 0.3 is 0 Å². The first-order valence-corrected chi connectivity index (χ1v) is 12.6. The van der Waals surface area contributed by atoms with Gasteiger partial charge in [-0.2, -0.15) is 10.4 Å². The lowest BCUT2D eigenvalue weighted by molar-refractivity contribution is -0.126. The molecule has 1 fully saturated rings. The first-order valence-electron chi connectivity index (χ1n) is 11.8. The van der Waals surface area contributed by atoms with Crippen LogP contribution in [0.5, 0.6) is 11.5 Å². The Morgan fingerprint density at radius 1 is 1.24 bits per heavy atom. The van der Waals surface area contributed by atoms with Gasteiger partial charge in [0, 0.05) is 37.0 Å². The molecule has 5 rings (SSSR count). The number of aromatic nitrogens is 4. The minimum Gasteiger partial charge on any atom is -0.456 e. The number of carbonyl (C=O) groups excluding carboxylic acids is 2. The number of nitrogens with zero attached hydrogens (tertiary/aromatic N) is 5. The maximum absolute atomic E-state index is 12.5. The van der Waals surface area contributed by atoms with Crippen LogP contribution in [0.4, 0.5) is 10.9 Å². The number of thiazole rings is 1. The highest BCUT2D eigenvalue weighted by Crippen LogP contribution is 2.33. The molecule has 0 spiro atoms. The van der Waals surface area contributed by atoms with Crippen molar-refractivity contribution >= 4 is 45.1 Å². The Morgan fingerprint density at radius 3 is 2.84 bits per heavy atom. The molecule has 11 nitrogen and oxygen atoms in total. The summed E-state index contributed by atoms with van der Waals surface area (Å²) in [6.45, 7) is 2.86. The molecular formula is C26H22N8O3S. The predicted octanol–water partition coefficient (Wildman–Crippen LogP) is 3.76. The van der Waals surface area contributed by atoms with Crippen molar-refractivity contribution in [3.05, 3.63) is 53.2 Å². The summed E-state index contributed by atoms with van der Waals surface area (Å²) >= 11 is 1.11. The second kappa shape index (κ2) is 11.0. The second-order valence-electron chi connectivity index (χ2n) is 8.44. The maximum atomic E-state index is 12.5. The Kier molecular flexibility index (Phi) is 7.15. The molecule has 4 aromatic rings. The molecule has 190 valence electrons. The van der Waals surface area contributed by atoms with E-state index in [4.69, 9.17) is 10.00 Å². The summed E-state index contributed by atoms with van der Waals surface area (Å²) in [5.74, 6) is 6.40. The Bertz CT molecular complexity index is 1590. The highest BCUT2D eigenvalue weighted by molar-refractivity contribution is 7.16. The minimum absolute atomic E-state index is 0.00535. The van der Waals surface area contributed by atoms with E-state index in [-0.39, 0.29) is 17.9 Å². The predicted molar refractivity (Wildman–Crippen MR) is 142 cm³/mol. The number of H-pyrrole nitrogens is 1. The van der Waals surface area contributed by atoms with Crippen LogP contribution < -0.4 is 15.4 Å². The number of rotatable bonds is 6. The van der Waals surface area contributed by atoms with Crippen molar-refractivity contribution in [1.29, 1.82) is 5.26 Å². The molecule has 0 radical (unpaired) electrons. The third-order valence-corrected chi connectivity index (χ3v) is 6.70. The van der Waals surface area contributed by atoms with Crippen LogP contribution in [0.25, 0.3) is 11.0 Å². The van der Waals surface area contributed by atoms with E-state index in [1.165, 1.54) is 6.20 Å². The Morgan fingerprint density at radius 2 is 2.08 bits per heavy atom. The highest BCUT2D eigenvalue weighted by Gasteiger charge is 2.24. The number of pyridine rings is 1. The molecule has 1 saturated heterocycles. The van der Waals surface area contributed by atoms with Gasteiger partial charge in [-0.05, 0) is 50.0 Å². The van der Waals surface area contributed by atoms with Gasteiger partial charge in [0.2, 0.25) is 0 Å². The lowest BCUT2D eigenvalue weighted by atomic mass is 10.1. The number of likely N-dealkylation sites (tertiary alicyclic amines) is 1. The first-order chi connectivity index (χ1) is 18.5. The number of amides is 2. The number of piperidine rings is 1. The molecule has 1 aromatic carbocycles. The SMILES string of the molecule is CC#CC(=O)N1CCC[C@@H](Nc2n[nH]c3nccc(Oc4ccc(C(=O)Nc5ncc(C#N)s5)cc4)c23)C1. The average molecular weight is 527 g/mol. The monoisotopic (exact) mass is 526 g/mol. The number of ether oxygens (including phenoxy) is 1. The molecule has 38 heavy (non-hydrogen) atoms. The van der Waals surface area contributed by atoms with E-state index >= 15 is 0 Å². The molecule has 1 aliphatic rings. The van der Waals surface area contributed by atoms with Crippen LogP contribution in [0.15, 0.2) is 42.7 Å². The van der Waals surface area contributed by atoms with E-state index in [9.17, 15) is 9.59 Å².